The fraction of sp³-hybridized carbons (Fsp3) is 0.737. The van der Waals surface area contributed by atoms with E-state index >= 15 is 0 Å². The molecule has 7 nitrogen and oxygen atoms in total. The molecule has 0 unspecified atom stereocenters. The van der Waals surface area contributed by atoms with Crippen LogP contribution in [-0.4, -0.2) is 57.5 Å². The lowest BCUT2D eigenvalue weighted by Crippen LogP contribution is -2.39. The second-order valence-electron chi connectivity index (χ2n) is 8.22. The number of carboxylic acid groups (broad SMARTS) is 1. The molecule has 1 aromatic rings. The van der Waals surface area contributed by atoms with Crippen LogP contribution >= 0.6 is 0 Å². The number of aliphatic carboxylic acids is 1. The third kappa shape index (κ3) is 5.06. The summed E-state index contributed by atoms with van der Waals surface area (Å²) in [5.41, 5.74) is 1.13. The Bertz CT molecular complexity index is 640. The van der Waals surface area contributed by atoms with E-state index in [1.165, 1.54) is 0 Å². The minimum atomic E-state index is -0.918. The standard InChI is InChI=1S/C19H31N3O4/c1-13(2)16-11-15(20-22(16)19(3,4)5)18(25)21(9-8-17(23)24)12-14-7-6-10-26-14/h11,13-14H,6-10,12H2,1-5H3,(H,23,24)/t14-/m0/s1. The monoisotopic (exact) mass is 365 g/mol. The second-order valence-corrected chi connectivity index (χ2v) is 8.22. The molecule has 0 saturated carbocycles. The Morgan fingerprint density at radius 1 is 1.42 bits per heavy atom. The lowest BCUT2D eigenvalue weighted by molar-refractivity contribution is -0.137. The molecule has 2 heterocycles. The zero-order valence-corrected chi connectivity index (χ0v) is 16.5. The van der Waals surface area contributed by atoms with Crippen LogP contribution in [0, 0.1) is 0 Å². The molecule has 26 heavy (non-hydrogen) atoms. The Morgan fingerprint density at radius 2 is 2.12 bits per heavy atom. The molecule has 0 aliphatic carbocycles. The first-order valence-corrected chi connectivity index (χ1v) is 9.32. The van der Waals surface area contributed by atoms with Gasteiger partial charge in [-0.25, -0.2) is 0 Å². The van der Waals surface area contributed by atoms with Crippen LogP contribution < -0.4 is 0 Å². The van der Waals surface area contributed by atoms with E-state index in [1.807, 2.05) is 10.7 Å². The van der Waals surface area contributed by atoms with Gasteiger partial charge in [-0.15, -0.1) is 0 Å². The first kappa shape index (κ1) is 20.4. The third-order valence-corrected chi connectivity index (χ3v) is 4.51. The highest BCUT2D eigenvalue weighted by Crippen LogP contribution is 2.24. The molecule has 1 saturated heterocycles. The van der Waals surface area contributed by atoms with Crippen molar-refractivity contribution < 1.29 is 19.4 Å². The SMILES string of the molecule is CC(C)c1cc(C(=O)N(CCC(=O)O)C[C@@H]2CCCO2)nn1C(C)(C)C. The van der Waals surface area contributed by atoms with Crippen LogP contribution in [0.2, 0.25) is 0 Å². The first-order valence-electron chi connectivity index (χ1n) is 9.32. The molecule has 0 aromatic carbocycles. The summed E-state index contributed by atoms with van der Waals surface area (Å²) in [6, 6.07) is 1.83. The molecule has 2 rings (SSSR count). The van der Waals surface area contributed by atoms with Crippen LogP contribution in [-0.2, 0) is 15.1 Å². The van der Waals surface area contributed by atoms with Gasteiger partial charge in [-0.1, -0.05) is 13.8 Å². The Hall–Kier alpha value is -1.89. The molecule has 7 heteroatoms. The average Bonchev–Trinajstić information content (AvgIpc) is 3.19. The molecule has 1 aromatic heterocycles. The maximum absolute atomic E-state index is 13.1. The lowest BCUT2D eigenvalue weighted by atomic mass is 10.1. The highest BCUT2D eigenvalue weighted by Gasteiger charge is 2.28. The number of hydrogen-bond acceptors (Lipinski definition) is 4. The predicted molar refractivity (Wildman–Crippen MR) is 98.4 cm³/mol. The molecular formula is C19H31N3O4. The fourth-order valence-electron chi connectivity index (χ4n) is 3.15. The van der Waals surface area contributed by atoms with E-state index in [0.29, 0.717) is 18.8 Å². The topological polar surface area (TPSA) is 84.7 Å². The normalized spacial score (nSPS) is 17.7. The first-order chi connectivity index (χ1) is 12.1. The summed E-state index contributed by atoms with van der Waals surface area (Å²) in [7, 11) is 0. The van der Waals surface area contributed by atoms with Crippen LogP contribution in [0.5, 0.6) is 0 Å². The summed E-state index contributed by atoms with van der Waals surface area (Å²) in [5, 5.41) is 13.6. The smallest absolute Gasteiger partial charge is 0.305 e. The van der Waals surface area contributed by atoms with Crippen molar-refractivity contribution in [3.05, 3.63) is 17.5 Å². The van der Waals surface area contributed by atoms with Crippen LogP contribution in [0.1, 0.15) is 76.0 Å². The van der Waals surface area contributed by atoms with E-state index in [1.54, 1.807) is 4.90 Å². The summed E-state index contributed by atoms with van der Waals surface area (Å²) in [4.78, 5) is 25.6. The van der Waals surface area contributed by atoms with Gasteiger partial charge in [0.1, 0.15) is 0 Å². The van der Waals surface area contributed by atoms with Gasteiger partial charge in [-0.05, 0) is 45.6 Å². The van der Waals surface area contributed by atoms with E-state index in [-0.39, 0.29) is 36.4 Å². The van der Waals surface area contributed by atoms with E-state index in [2.05, 4.69) is 39.7 Å². The Labute approximate surface area is 155 Å². The molecule has 0 bridgehead atoms. The van der Waals surface area contributed by atoms with Crippen molar-refractivity contribution in [3.63, 3.8) is 0 Å². The lowest BCUT2D eigenvalue weighted by Gasteiger charge is -2.25. The van der Waals surface area contributed by atoms with E-state index in [9.17, 15) is 9.59 Å². The van der Waals surface area contributed by atoms with Gasteiger partial charge >= 0.3 is 5.97 Å². The van der Waals surface area contributed by atoms with Gasteiger partial charge in [0, 0.05) is 25.4 Å². The summed E-state index contributed by atoms with van der Waals surface area (Å²) in [5.74, 6) is -0.918. The third-order valence-electron chi connectivity index (χ3n) is 4.51. The number of rotatable bonds is 7. The molecule has 0 radical (unpaired) electrons. The van der Waals surface area contributed by atoms with Gasteiger partial charge in [0.05, 0.1) is 18.1 Å². The summed E-state index contributed by atoms with van der Waals surface area (Å²) >= 11 is 0. The van der Waals surface area contributed by atoms with Crippen LogP contribution in [0.25, 0.3) is 0 Å². The van der Waals surface area contributed by atoms with Crippen LogP contribution in [0.4, 0.5) is 0 Å². The fourth-order valence-corrected chi connectivity index (χ4v) is 3.15. The van der Waals surface area contributed by atoms with Gasteiger partial charge in [0.2, 0.25) is 0 Å². The molecule has 1 amide bonds. The Kier molecular flexibility index (Phi) is 6.44. The quantitative estimate of drug-likeness (QED) is 0.803. The van der Waals surface area contributed by atoms with Crippen molar-refractivity contribution in [2.24, 2.45) is 0 Å². The molecule has 146 valence electrons. The van der Waals surface area contributed by atoms with Crippen molar-refractivity contribution in [1.82, 2.24) is 14.7 Å². The molecule has 1 atom stereocenters. The molecule has 1 N–H and O–H groups in total. The van der Waals surface area contributed by atoms with Crippen molar-refractivity contribution in [2.45, 2.75) is 71.4 Å². The molecule has 1 aliphatic rings. The van der Waals surface area contributed by atoms with Gasteiger partial charge in [-0.2, -0.15) is 5.10 Å². The molecule has 1 aliphatic heterocycles. The predicted octanol–water partition coefficient (Wildman–Crippen LogP) is 2.86. The number of ether oxygens (including phenoxy) is 1. The number of carbonyl (C=O) groups is 2. The van der Waals surface area contributed by atoms with Gasteiger partial charge < -0.3 is 14.7 Å². The number of aromatic nitrogens is 2. The van der Waals surface area contributed by atoms with Gasteiger partial charge in [0.25, 0.3) is 5.91 Å². The van der Waals surface area contributed by atoms with Crippen molar-refractivity contribution in [3.8, 4) is 0 Å². The average molecular weight is 365 g/mol. The maximum Gasteiger partial charge on any atom is 0.305 e. The van der Waals surface area contributed by atoms with E-state index < -0.39 is 5.97 Å². The Balaban J connectivity index is 2.26. The summed E-state index contributed by atoms with van der Waals surface area (Å²) < 4.78 is 7.53. The summed E-state index contributed by atoms with van der Waals surface area (Å²) in [6.07, 6.45) is 1.75. The second kappa shape index (κ2) is 8.20. The minimum absolute atomic E-state index is 0.0259. The number of carboxylic acids is 1. The number of nitrogens with zero attached hydrogens (tertiary/aromatic N) is 3. The highest BCUT2D eigenvalue weighted by molar-refractivity contribution is 5.92. The van der Waals surface area contributed by atoms with E-state index in [0.717, 1.165) is 18.5 Å². The largest absolute Gasteiger partial charge is 0.481 e. The van der Waals surface area contributed by atoms with Crippen LogP contribution in [0.15, 0.2) is 6.07 Å². The van der Waals surface area contributed by atoms with Crippen molar-refractivity contribution in [1.29, 1.82) is 0 Å². The molecular weight excluding hydrogens is 334 g/mol. The Morgan fingerprint density at radius 3 is 2.58 bits per heavy atom. The van der Waals surface area contributed by atoms with Gasteiger partial charge in [0.15, 0.2) is 5.69 Å². The molecule has 0 spiro atoms. The zero-order valence-electron chi connectivity index (χ0n) is 16.5. The number of hydrogen-bond donors (Lipinski definition) is 1. The van der Waals surface area contributed by atoms with Crippen molar-refractivity contribution >= 4 is 11.9 Å². The molecule has 1 fully saturated rings. The highest BCUT2D eigenvalue weighted by atomic mass is 16.5. The summed E-state index contributed by atoms with van der Waals surface area (Å²) in [6.45, 7) is 11.6. The number of carbonyl (C=O) groups excluding carboxylic acids is 1. The van der Waals surface area contributed by atoms with Crippen molar-refractivity contribution in [2.75, 3.05) is 19.7 Å². The maximum atomic E-state index is 13.1. The zero-order chi connectivity index (χ0) is 19.5. The number of amides is 1. The van der Waals surface area contributed by atoms with Gasteiger partial charge in [-0.3, -0.25) is 14.3 Å². The minimum Gasteiger partial charge on any atom is -0.481 e. The van der Waals surface area contributed by atoms with E-state index in [4.69, 9.17) is 9.84 Å². The van der Waals surface area contributed by atoms with Crippen LogP contribution in [0.3, 0.4) is 0 Å².